The number of rotatable bonds is 7. The van der Waals surface area contributed by atoms with Crippen molar-refractivity contribution in [3.05, 3.63) is 0 Å². The summed E-state index contributed by atoms with van der Waals surface area (Å²) in [7, 11) is 1.28. The number of esters is 1. The maximum Gasteiger partial charge on any atom is 0.322 e. The van der Waals surface area contributed by atoms with E-state index in [0.29, 0.717) is 12.2 Å². The van der Waals surface area contributed by atoms with Gasteiger partial charge in [0.1, 0.15) is 6.04 Å². The third-order valence-electron chi connectivity index (χ3n) is 3.25. The van der Waals surface area contributed by atoms with Crippen molar-refractivity contribution in [3.63, 3.8) is 0 Å². The van der Waals surface area contributed by atoms with Gasteiger partial charge in [-0.2, -0.15) is 11.8 Å². The smallest absolute Gasteiger partial charge is 0.322 e. The van der Waals surface area contributed by atoms with E-state index in [1.807, 2.05) is 0 Å². The van der Waals surface area contributed by atoms with Gasteiger partial charge >= 0.3 is 12.0 Å². The average Bonchev–Trinajstić information content (AvgIpc) is 2.94. The van der Waals surface area contributed by atoms with Crippen molar-refractivity contribution in [1.82, 2.24) is 10.6 Å². The van der Waals surface area contributed by atoms with Crippen molar-refractivity contribution in [2.75, 3.05) is 18.6 Å². The predicted octanol–water partition coefficient (Wildman–Crippen LogP) is 0.378. The molecule has 120 valence electrons. The van der Waals surface area contributed by atoms with Crippen LogP contribution in [0.25, 0.3) is 0 Å². The van der Waals surface area contributed by atoms with Crippen molar-refractivity contribution < 1.29 is 19.1 Å². The van der Waals surface area contributed by atoms with Crippen LogP contribution in [-0.4, -0.2) is 48.6 Å². The zero-order chi connectivity index (χ0) is 15.7. The van der Waals surface area contributed by atoms with Crippen molar-refractivity contribution >= 4 is 29.7 Å². The SMILES string of the molecule is COC(=O)C(N)CCSCC(=O)NC(=O)NC1CCCC1. The van der Waals surface area contributed by atoms with Gasteiger partial charge in [-0.1, -0.05) is 12.8 Å². The number of nitrogens with one attached hydrogen (secondary N) is 2. The molecule has 4 N–H and O–H groups in total. The molecule has 1 aliphatic rings. The van der Waals surface area contributed by atoms with Crippen LogP contribution in [-0.2, 0) is 14.3 Å². The molecular weight excluding hydrogens is 294 g/mol. The van der Waals surface area contributed by atoms with E-state index in [1.54, 1.807) is 0 Å². The highest BCUT2D eigenvalue weighted by atomic mass is 32.2. The molecular formula is C13H23N3O4S. The Morgan fingerprint density at radius 1 is 1.33 bits per heavy atom. The van der Waals surface area contributed by atoms with Gasteiger partial charge < -0.3 is 15.8 Å². The number of methoxy groups -OCH3 is 1. The van der Waals surface area contributed by atoms with Gasteiger partial charge in [0.05, 0.1) is 12.9 Å². The maximum absolute atomic E-state index is 11.5. The molecule has 0 radical (unpaired) electrons. The molecule has 8 heteroatoms. The molecule has 7 nitrogen and oxygen atoms in total. The maximum atomic E-state index is 11.5. The number of hydrogen-bond acceptors (Lipinski definition) is 6. The fourth-order valence-corrected chi connectivity index (χ4v) is 2.92. The molecule has 0 aromatic rings. The molecule has 1 aliphatic carbocycles. The summed E-state index contributed by atoms with van der Waals surface area (Å²) in [5, 5.41) is 5.08. The number of carbonyl (C=O) groups excluding carboxylic acids is 3. The van der Waals surface area contributed by atoms with Gasteiger partial charge in [0.15, 0.2) is 0 Å². The molecule has 0 saturated heterocycles. The number of amides is 3. The Morgan fingerprint density at radius 2 is 2.00 bits per heavy atom. The highest BCUT2D eigenvalue weighted by Gasteiger charge is 2.18. The topological polar surface area (TPSA) is 111 Å². The first-order valence-electron chi connectivity index (χ1n) is 7.04. The van der Waals surface area contributed by atoms with Crippen LogP contribution < -0.4 is 16.4 Å². The van der Waals surface area contributed by atoms with E-state index in [-0.39, 0.29) is 17.7 Å². The summed E-state index contributed by atoms with van der Waals surface area (Å²) in [5.74, 6) is -0.0990. The van der Waals surface area contributed by atoms with Gasteiger partial charge in [-0.15, -0.1) is 0 Å². The van der Waals surface area contributed by atoms with Crippen molar-refractivity contribution in [1.29, 1.82) is 0 Å². The fourth-order valence-electron chi connectivity index (χ4n) is 2.10. The van der Waals surface area contributed by atoms with Crippen LogP contribution >= 0.6 is 11.8 Å². The Kier molecular flexibility index (Phi) is 8.14. The van der Waals surface area contributed by atoms with Crippen LogP contribution in [0.4, 0.5) is 4.79 Å². The van der Waals surface area contributed by atoms with Crippen LogP contribution in [0, 0.1) is 0 Å². The van der Waals surface area contributed by atoms with Gasteiger partial charge in [-0.25, -0.2) is 4.79 Å². The molecule has 0 bridgehead atoms. The Labute approximate surface area is 128 Å². The van der Waals surface area contributed by atoms with Crippen LogP contribution in [0.15, 0.2) is 0 Å². The lowest BCUT2D eigenvalue weighted by atomic mass is 10.2. The van der Waals surface area contributed by atoms with E-state index in [1.165, 1.54) is 18.9 Å². The Bertz CT molecular complexity index is 372. The third kappa shape index (κ3) is 7.33. The van der Waals surface area contributed by atoms with E-state index in [9.17, 15) is 14.4 Å². The fraction of sp³-hybridized carbons (Fsp3) is 0.769. The minimum Gasteiger partial charge on any atom is -0.468 e. The van der Waals surface area contributed by atoms with Gasteiger partial charge in [0.2, 0.25) is 5.91 Å². The quantitative estimate of drug-likeness (QED) is 0.462. The second-order valence-corrected chi connectivity index (χ2v) is 6.08. The van der Waals surface area contributed by atoms with Gasteiger partial charge in [0, 0.05) is 6.04 Å². The van der Waals surface area contributed by atoms with Crippen molar-refractivity contribution in [2.24, 2.45) is 5.73 Å². The van der Waals surface area contributed by atoms with E-state index in [0.717, 1.165) is 25.7 Å². The first-order chi connectivity index (χ1) is 10.0. The summed E-state index contributed by atoms with van der Waals surface area (Å²) in [5.41, 5.74) is 5.56. The Balaban J connectivity index is 2.07. The zero-order valence-corrected chi connectivity index (χ0v) is 13.0. The molecule has 21 heavy (non-hydrogen) atoms. The van der Waals surface area contributed by atoms with E-state index >= 15 is 0 Å². The lowest BCUT2D eigenvalue weighted by Crippen LogP contribution is -2.44. The van der Waals surface area contributed by atoms with E-state index in [2.05, 4.69) is 15.4 Å². The number of imide groups is 1. The van der Waals surface area contributed by atoms with Gasteiger partial charge in [-0.3, -0.25) is 14.9 Å². The molecule has 1 unspecified atom stereocenters. The van der Waals surface area contributed by atoms with E-state index in [4.69, 9.17) is 5.73 Å². The summed E-state index contributed by atoms with van der Waals surface area (Å²) in [6, 6.07) is -0.918. The Hall–Kier alpha value is -1.28. The lowest BCUT2D eigenvalue weighted by Gasteiger charge is -2.12. The minimum absolute atomic E-state index is 0.159. The summed E-state index contributed by atoms with van der Waals surface area (Å²) in [6.45, 7) is 0. The molecule has 3 amide bonds. The van der Waals surface area contributed by atoms with Gasteiger partial charge in [-0.05, 0) is 25.0 Å². The molecule has 0 aliphatic heterocycles. The summed E-state index contributed by atoms with van der Waals surface area (Å²) in [6.07, 6.45) is 4.62. The minimum atomic E-state index is -0.670. The largest absolute Gasteiger partial charge is 0.468 e. The number of thioether (sulfide) groups is 1. The third-order valence-corrected chi connectivity index (χ3v) is 4.24. The number of carbonyl (C=O) groups is 3. The molecule has 0 heterocycles. The molecule has 0 spiro atoms. The molecule has 0 aromatic heterocycles. The lowest BCUT2D eigenvalue weighted by molar-refractivity contribution is -0.142. The predicted molar refractivity (Wildman–Crippen MR) is 80.9 cm³/mol. The molecule has 1 fully saturated rings. The zero-order valence-electron chi connectivity index (χ0n) is 12.2. The molecule has 1 atom stereocenters. The number of ether oxygens (including phenoxy) is 1. The van der Waals surface area contributed by atoms with Crippen LogP contribution in [0.1, 0.15) is 32.1 Å². The normalized spacial score (nSPS) is 16.3. The van der Waals surface area contributed by atoms with Crippen LogP contribution in [0.3, 0.4) is 0 Å². The van der Waals surface area contributed by atoms with Crippen molar-refractivity contribution in [2.45, 2.75) is 44.2 Å². The Morgan fingerprint density at radius 3 is 2.62 bits per heavy atom. The highest BCUT2D eigenvalue weighted by molar-refractivity contribution is 7.99. The highest BCUT2D eigenvalue weighted by Crippen LogP contribution is 2.17. The second kappa shape index (κ2) is 9.62. The second-order valence-electron chi connectivity index (χ2n) is 4.97. The van der Waals surface area contributed by atoms with E-state index < -0.39 is 18.0 Å². The monoisotopic (exact) mass is 317 g/mol. The molecule has 1 saturated carbocycles. The first kappa shape index (κ1) is 17.8. The standard InChI is InChI=1S/C13H23N3O4S/c1-20-12(18)10(14)6-7-21-8-11(17)16-13(19)15-9-4-2-3-5-9/h9-10H,2-8,14H2,1H3,(H2,15,16,17,19). The summed E-state index contributed by atoms with van der Waals surface area (Å²) >= 11 is 1.32. The van der Waals surface area contributed by atoms with Crippen molar-refractivity contribution in [3.8, 4) is 0 Å². The number of urea groups is 1. The summed E-state index contributed by atoms with van der Waals surface area (Å²) in [4.78, 5) is 34.2. The average molecular weight is 317 g/mol. The first-order valence-corrected chi connectivity index (χ1v) is 8.20. The molecule has 1 rings (SSSR count). The number of nitrogens with two attached hydrogens (primary N) is 1. The summed E-state index contributed by atoms with van der Waals surface area (Å²) < 4.78 is 4.50. The van der Waals surface area contributed by atoms with Gasteiger partial charge in [0.25, 0.3) is 0 Å². The van der Waals surface area contributed by atoms with Crippen LogP contribution in [0.2, 0.25) is 0 Å². The molecule has 0 aromatic carbocycles. The van der Waals surface area contributed by atoms with Crippen LogP contribution in [0.5, 0.6) is 0 Å². The number of hydrogen-bond donors (Lipinski definition) is 3.